The highest BCUT2D eigenvalue weighted by atomic mass is 35.5. The predicted molar refractivity (Wildman–Crippen MR) is 78.4 cm³/mol. The summed E-state index contributed by atoms with van der Waals surface area (Å²) in [5.41, 5.74) is 1.48. The van der Waals surface area contributed by atoms with Gasteiger partial charge in [-0.05, 0) is 36.4 Å². The molecule has 0 saturated carbocycles. The lowest BCUT2D eigenvalue weighted by molar-refractivity contribution is 0.105. The molecule has 3 heteroatoms. The average molecular weight is 270 g/mol. The molecule has 0 aliphatic carbocycles. The quantitative estimate of drug-likeness (QED) is 0.471. The van der Waals surface area contributed by atoms with Crippen LogP contribution >= 0.6 is 11.6 Å². The van der Waals surface area contributed by atoms with Gasteiger partial charge in [0.2, 0.25) is 5.78 Å². The summed E-state index contributed by atoms with van der Waals surface area (Å²) in [5.74, 6) is 2.39. The summed E-state index contributed by atoms with van der Waals surface area (Å²) in [4.78, 5) is 13.6. The van der Waals surface area contributed by atoms with Crippen LogP contribution in [0.15, 0.2) is 54.6 Å². The summed E-state index contributed by atoms with van der Waals surface area (Å²) in [6.07, 6.45) is 0. The van der Waals surface area contributed by atoms with Crippen LogP contribution in [0, 0.1) is 12.0 Å². The van der Waals surface area contributed by atoms with Gasteiger partial charge in [0.05, 0.1) is 0 Å². The second kappa shape index (κ2) is 6.08. The van der Waals surface area contributed by atoms with E-state index in [1.807, 2.05) is 37.4 Å². The van der Waals surface area contributed by atoms with Crippen LogP contribution in [0.2, 0.25) is 5.02 Å². The first kappa shape index (κ1) is 13.2. The Morgan fingerprint density at radius 2 is 1.68 bits per heavy atom. The molecule has 2 aromatic rings. The number of hydrogen-bond acceptors (Lipinski definition) is 2. The molecule has 0 fully saturated rings. The van der Waals surface area contributed by atoms with Gasteiger partial charge in [-0.1, -0.05) is 29.8 Å². The largest absolute Gasteiger partial charge is 0.304 e. The van der Waals surface area contributed by atoms with Gasteiger partial charge in [-0.2, -0.15) is 0 Å². The topological polar surface area (TPSA) is 20.3 Å². The average Bonchev–Trinajstić information content (AvgIpc) is 2.46. The van der Waals surface area contributed by atoms with E-state index in [2.05, 4.69) is 12.0 Å². The normalized spacial score (nSPS) is 9.37. The number of rotatable bonds is 2. The van der Waals surface area contributed by atoms with E-state index >= 15 is 0 Å². The Kier molecular flexibility index (Phi) is 4.22. The van der Waals surface area contributed by atoms with Gasteiger partial charge in [0.1, 0.15) is 0 Å². The van der Waals surface area contributed by atoms with Crippen LogP contribution in [0.5, 0.6) is 0 Å². The van der Waals surface area contributed by atoms with Crippen molar-refractivity contribution in [2.24, 2.45) is 0 Å². The highest BCUT2D eigenvalue weighted by Crippen LogP contribution is 2.11. The minimum absolute atomic E-state index is 0.223. The Morgan fingerprint density at radius 3 is 2.32 bits per heavy atom. The van der Waals surface area contributed by atoms with Crippen LogP contribution < -0.4 is 4.90 Å². The highest BCUT2D eigenvalue weighted by molar-refractivity contribution is 6.30. The van der Waals surface area contributed by atoms with E-state index in [0.29, 0.717) is 10.6 Å². The van der Waals surface area contributed by atoms with Crippen molar-refractivity contribution >= 4 is 23.1 Å². The maximum Gasteiger partial charge on any atom is 0.237 e. The number of Topliss-reactive ketones (excluding diaryl/α,β-unsaturated/α-hetero) is 1. The van der Waals surface area contributed by atoms with Crippen molar-refractivity contribution in [3.63, 3.8) is 0 Å². The first-order chi connectivity index (χ1) is 9.16. The van der Waals surface area contributed by atoms with Crippen LogP contribution in [-0.4, -0.2) is 12.8 Å². The Hall–Kier alpha value is -2.24. The fraction of sp³-hybridized carbons (Fsp3) is 0.0625. The molecule has 0 unspecified atom stereocenters. The lowest BCUT2D eigenvalue weighted by Gasteiger charge is -2.09. The third-order valence-electron chi connectivity index (χ3n) is 2.59. The number of nitrogens with zero attached hydrogens (tertiary/aromatic N) is 1. The number of anilines is 1. The van der Waals surface area contributed by atoms with Crippen molar-refractivity contribution < 1.29 is 4.79 Å². The zero-order valence-electron chi connectivity index (χ0n) is 10.4. The molecule has 0 bridgehead atoms. The fourth-order valence-corrected chi connectivity index (χ4v) is 1.65. The zero-order valence-corrected chi connectivity index (χ0v) is 11.2. The molecule has 2 aromatic carbocycles. The van der Waals surface area contributed by atoms with Gasteiger partial charge in [-0.25, -0.2) is 0 Å². The molecule has 2 rings (SSSR count). The van der Waals surface area contributed by atoms with Gasteiger partial charge in [0.25, 0.3) is 0 Å². The van der Waals surface area contributed by atoms with Crippen molar-refractivity contribution in [3.8, 4) is 12.0 Å². The number of halogens is 1. The number of carbonyl (C=O) groups is 1. The van der Waals surface area contributed by atoms with Crippen molar-refractivity contribution in [1.82, 2.24) is 0 Å². The van der Waals surface area contributed by atoms with Crippen LogP contribution in [0.25, 0.3) is 0 Å². The fourth-order valence-electron chi connectivity index (χ4n) is 1.52. The van der Waals surface area contributed by atoms with E-state index < -0.39 is 0 Å². The number of para-hydroxylation sites is 1. The van der Waals surface area contributed by atoms with Crippen molar-refractivity contribution in [2.75, 3.05) is 11.9 Å². The highest BCUT2D eigenvalue weighted by Gasteiger charge is 2.02. The van der Waals surface area contributed by atoms with E-state index in [0.717, 1.165) is 5.69 Å². The van der Waals surface area contributed by atoms with E-state index in [1.54, 1.807) is 29.2 Å². The van der Waals surface area contributed by atoms with Gasteiger partial charge in [-0.3, -0.25) is 4.79 Å². The van der Waals surface area contributed by atoms with E-state index in [9.17, 15) is 4.79 Å². The van der Waals surface area contributed by atoms with Crippen molar-refractivity contribution in [2.45, 2.75) is 0 Å². The lowest BCUT2D eigenvalue weighted by atomic mass is 10.1. The molecule has 94 valence electrons. The molecule has 0 spiro atoms. The standard InChI is InChI=1S/C16H12ClNO/c1-18(15-5-3-2-4-6-15)12-11-16(19)13-7-9-14(17)10-8-13/h2-10H,1H3. The van der Waals surface area contributed by atoms with Crippen LogP contribution in [0.3, 0.4) is 0 Å². The first-order valence-electron chi connectivity index (χ1n) is 5.77. The molecule has 0 atom stereocenters. The Labute approximate surface area is 117 Å². The summed E-state index contributed by atoms with van der Waals surface area (Å²) < 4.78 is 0. The Balaban J connectivity index is 2.11. The molecule has 0 N–H and O–H groups in total. The first-order valence-corrected chi connectivity index (χ1v) is 6.15. The molecule has 0 amide bonds. The molecular formula is C16H12ClNO. The molecule has 0 radical (unpaired) electrons. The van der Waals surface area contributed by atoms with Crippen molar-refractivity contribution in [1.29, 1.82) is 0 Å². The molecule has 0 heterocycles. The molecule has 0 saturated heterocycles. The predicted octanol–water partition coefficient (Wildman–Crippen LogP) is 3.62. The Bertz CT molecular complexity index is 623. The van der Waals surface area contributed by atoms with Crippen molar-refractivity contribution in [3.05, 3.63) is 65.2 Å². The lowest BCUT2D eigenvalue weighted by Crippen LogP contribution is -2.09. The third kappa shape index (κ3) is 3.61. The van der Waals surface area contributed by atoms with Gasteiger partial charge in [0.15, 0.2) is 0 Å². The summed E-state index contributed by atoms with van der Waals surface area (Å²) in [5, 5.41) is 0.603. The molecular weight excluding hydrogens is 258 g/mol. The third-order valence-corrected chi connectivity index (χ3v) is 2.84. The number of hydrogen-bond donors (Lipinski definition) is 0. The molecule has 19 heavy (non-hydrogen) atoms. The molecule has 0 aromatic heterocycles. The van der Waals surface area contributed by atoms with Gasteiger partial charge >= 0.3 is 0 Å². The van der Waals surface area contributed by atoms with Crippen LogP contribution in [-0.2, 0) is 0 Å². The summed E-state index contributed by atoms with van der Waals surface area (Å²) in [6.45, 7) is 0. The van der Waals surface area contributed by atoms with Gasteiger partial charge < -0.3 is 4.90 Å². The molecule has 0 aliphatic heterocycles. The number of benzene rings is 2. The second-order valence-electron chi connectivity index (χ2n) is 3.97. The van der Waals surface area contributed by atoms with Gasteiger partial charge in [-0.15, -0.1) is 0 Å². The SMILES string of the molecule is CN(C#CC(=O)c1ccc(Cl)cc1)c1ccccc1. The summed E-state index contributed by atoms with van der Waals surface area (Å²) >= 11 is 5.77. The molecule has 2 nitrogen and oxygen atoms in total. The maximum absolute atomic E-state index is 11.8. The van der Waals surface area contributed by atoms with Crippen LogP contribution in [0.1, 0.15) is 10.4 Å². The number of carbonyl (C=O) groups excluding carboxylic acids is 1. The second-order valence-corrected chi connectivity index (χ2v) is 4.40. The smallest absolute Gasteiger partial charge is 0.237 e. The van der Waals surface area contributed by atoms with E-state index in [-0.39, 0.29) is 5.78 Å². The minimum Gasteiger partial charge on any atom is -0.304 e. The number of ketones is 1. The van der Waals surface area contributed by atoms with Gasteiger partial charge in [0, 0.05) is 35.3 Å². The molecule has 0 aliphatic rings. The minimum atomic E-state index is -0.223. The van der Waals surface area contributed by atoms with E-state index in [4.69, 9.17) is 11.6 Å². The summed E-state index contributed by atoms with van der Waals surface area (Å²) in [7, 11) is 1.82. The Morgan fingerprint density at radius 1 is 1.05 bits per heavy atom. The van der Waals surface area contributed by atoms with Crippen LogP contribution in [0.4, 0.5) is 5.69 Å². The zero-order chi connectivity index (χ0) is 13.7. The monoisotopic (exact) mass is 269 g/mol. The van der Waals surface area contributed by atoms with E-state index in [1.165, 1.54) is 0 Å². The maximum atomic E-state index is 11.8. The summed E-state index contributed by atoms with van der Waals surface area (Å²) in [6, 6.07) is 19.2.